The number of rotatable bonds is 7. The summed E-state index contributed by atoms with van der Waals surface area (Å²) in [6.45, 7) is 1.53. The molecule has 38 heavy (non-hydrogen) atoms. The molecule has 2 saturated heterocycles. The maximum atomic E-state index is 12.8. The van der Waals surface area contributed by atoms with E-state index in [1.165, 1.54) is 34.1 Å². The van der Waals surface area contributed by atoms with Crippen LogP contribution in [0.3, 0.4) is 0 Å². The molecule has 2 unspecified atom stereocenters. The van der Waals surface area contributed by atoms with Crippen LogP contribution < -0.4 is 16.3 Å². The second-order valence-electron chi connectivity index (χ2n) is 9.00. The molecule has 2 aliphatic rings. The molecule has 5 rings (SSSR count). The fraction of sp³-hybridized carbons (Fsp3) is 0.320. The topological polar surface area (TPSA) is 155 Å². The lowest BCUT2D eigenvalue weighted by molar-refractivity contribution is -0.165. The fourth-order valence-corrected chi connectivity index (χ4v) is 6.82. The van der Waals surface area contributed by atoms with E-state index in [-0.39, 0.29) is 18.9 Å². The van der Waals surface area contributed by atoms with Crippen molar-refractivity contribution >= 4 is 63.6 Å². The molecule has 198 valence electrons. The van der Waals surface area contributed by atoms with Crippen molar-refractivity contribution < 1.29 is 33.4 Å². The highest BCUT2D eigenvalue weighted by atomic mass is 32.2. The van der Waals surface area contributed by atoms with Crippen LogP contribution in [0.4, 0.5) is 10.5 Å². The Kier molecular flexibility index (Phi) is 7.13. The minimum absolute atomic E-state index is 0.151. The Labute approximate surface area is 224 Å². The number of nitrogens with zero attached hydrogens (tertiary/aromatic N) is 1. The van der Waals surface area contributed by atoms with E-state index in [1.807, 2.05) is 17.5 Å². The van der Waals surface area contributed by atoms with Gasteiger partial charge in [0.1, 0.15) is 23.0 Å². The number of aryl methyl sites for hydroxylation is 1. The first-order valence-corrected chi connectivity index (χ1v) is 13.6. The van der Waals surface area contributed by atoms with Crippen LogP contribution in [-0.4, -0.2) is 63.7 Å². The predicted molar refractivity (Wildman–Crippen MR) is 140 cm³/mol. The summed E-state index contributed by atoms with van der Waals surface area (Å²) in [7, 11) is 0. The third kappa shape index (κ3) is 5.11. The zero-order valence-corrected chi connectivity index (χ0v) is 21.7. The van der Waals surface area contributed by atoms with Gasteiger partial charge >= 0.3 is 17.7 Å². The second-order valence-corrected chi connectivity index (χ2v) is 11.2. The molecule has 3 aromatic rings. The van der Waals surface area contributed by atoms with E-state index in [0.717, 1.165) is 4.88 Å². The summed E-state index contributed by atoms with van der Waals surface area (Å²) in [5.74, 6) is -2.29. The Morgan fingerprint density at radius 2 is 2.03 bits per heavy atom. The van der Waals surface area contributed by atoms with Gasteiger partial charge in [0.25, 0.3) is 0 Å². The molecule has 4 atom stereocenters. The largest absolute Gasteiger partial charge is 0.480 e. The Balaban J connectivity index is 1.18. The molecule has 0 radical (unpaired) electrons. The van der Waals surface area contributed by atoms with Crippen molar-refractivity contribution in [1.29, 1.82) is 0 Å². The molecule has 3 N–H and O–H groups in total. The van der Waals surface area contributed by atoms with Crippen LogP contribution in [0, 0.1) is 12.8 Å². The Hall–Kier alpha value is -3.84. The standard InChI is InChI=1S/C25H23N3O8S2/c1-12-7-19(30)36-17-5-4-14(8-16(12)17)26-25(34)35-10-13-11-38-23-20(22(31)28(23)21(13)24(32)33)27-18(29)9-15-3-2-6-37-15/h2-8,13,20-21,23H,9-11H2,1H3,(H,26,34)(H,27,29)(H,32,33)/t13?,20-,21?,23-/m1/s1. The molecule has 13 heteroatoms. The van der Waals surface area contributed by atoms with Crippen molar-refractivity contribution in [3.05, 3.63) is 62.6 Å². The van der Waals surface area contributed by atoms with Crippen molar-refractivity contribution in [2.24, 2.45) is 5.92 Å². The SMILES string of the molecule is Cc1cc(=O)oc2ccc(NC(=O)OCC3CS[C@@H]4[C@H](NC(=O)Cc5cccs5)C(=O)N4C3C(=O)O)cc12. The smallest absolute Gasteiger partial charge is 0.411 e. The van der Waals surface area contributed by atoms with Gasteiger partial charge in [-0.05, 0) is 42.1 Å². The number of carboxylic acids is 1. The van der Waals surface area contributed by atoms with Gasteiger partial charge in [0.15, 0.2) is 0 Å². The van der Waals surface area contributed by atoms with E-state index >= 15 is 0 Å². The average Bonchev–Trinajstić information content (AvgIpc) is 3.38. The number of carbonyl (C=O) groups excluding carboxylic acids is 3. The van der Waals surface area contributed by atoms with Gasteiger partial charge in [-0.3, -0.25) is 14.9 Å². The number of β-lactam (4-membered cyclic amide) rings is 1. The van der Waals surface area contributed by atoms with Crippen molar-refractivity contribution in [3.8, 4) is 0 Å². The predicted octanol–water partition coefficient (Wildman–Crippen LogP) is 2.42. The normalized spacial score (nSPS) is 22.3. The average molecular weight is 558 g/mol. The van der Waals surface area contributed by atoms with Gasteiger partial charge in [-0.2, -0.15) is 0 Å². The number of thioether (sulfide) groups is 1. The van der Waals surface area contributed by atoms with Crippen molar-refractivity contribution in [2.45, 2.75) is 30.8 Å². The van der Waals surface area contributed by atoms with Crippen LogP contribution in [0.15, 0.2) is 51.0 Å². The quantitative estimate of drug-likeness (QED) is 0.293. The fourth-order valence-electron chi connectivity index (χ4n) is 4.62. The lowest BCUT2D eigenvalue weighted by Gasteiger charge is -2.54. The summed E-state index contributed by atoms with van der Waals surface area (Å²) < 4.78 is 10.4. The van der Waals surface area contributed by atoms with Crippen LogP contribution in [0.25, 0.3) is 11.0 Å². The first kappa shape index (κ1) is 25.8. The number of carboxylic acid groups (broad SMARTS) is 1. The Morgan fingerprint density at radius 3 is 2.76 bits per heavy atom. The molecular formula is C25H23N3O8S2. The second kappa shape index (κ2) is 10.5. The summed E-state index contributed by atoms with van der Waals surface area (Å²) in [5, 5.41) is 17.2. The van der Waals surface area contributed by atoms with Crippen LogP contribution in [0.5, 0.6) is 0 Å². The Morgan fingerprint density at radius 1 is 1.21 bits per heavy atom. The highest BCUT2D eigenvalue weighted by Crippen LogP contribution is 2.41. The number of ether oxygens (including phenoxy) is 1. The number of fused-ring (bicyclic) bond motifs is 2. The molecule has 1 aromatic carbocycles. The lowest BCUT2D eigenvalue weighted by Crippen LogP contribution is -2.76. The molecule has 3 amide bonds. The Bertz CT molecular complexity index is 1470. The lowest BCUT2D eigenvalue weighted by atomic mass is 9.94. The van der Waals surface area contributed by atoms with Gasteiger partial charge in [-0.25, -0.2) is 14.4 Å². The van der Waals surface area contributed by atoms with E-state index in [1.54, 1.807) is 25.1 Å². The van der Waals surface area contributed by atoms with Gasteiger partial charge in [0.2, 0.25) is 11.8 Å². The molecule has 11 nitrogen and oxygen atoms in total. The van der Waals surface area contributed by atoms with Crippen molar-refractivity contribution in [1.82, 2.24) is 10.2 Å². The van der Waals surface area contributed by atoms with Crippen LogP contribution >= 0.6 is 23.1 Å². The maximum absolute atomic E-state index is 12.8. The third-order valence-electron chi connectivity index (χ3n) is 6.42. The van der Waals surface area contributed by atoms with Gasteiger partial charge in [0, 0.05) is 33.7 Å². The number of hydrogen-bond acceptors (Lipinski definition) is 9. The highest BCUT2D eigenvalue weighted by molar-refractivity contribution is 8.00. The molecule has 0 bridgehead atoms. The summed E-state index contributed by atoms with van der Waals surface area (Å²) in [6, 6.07) is 7.79. The first-order valence-electron chi connectivity index (χ1n) is 11.7. The molecule has 0 aliphatic carbocycles. The number of anilines is 1. The summed E-state index contributed by atoms with van der Waals surface area (Å²) in [4.78, 5) is 63.3. The molecule has 2 aliphatic heterocycles. The van der Waals surface area contributed by atoms with E-state index in [9.17, 15) is 29.1 Å². The highest BCUT2D eigenvalue weighted by Gasteiger charge is 2.58. The summed E-state index contributed by atoms with van der Waals surface area (Å²) in [5.41, 5.74) is 1.01. The molecule has 4 heterocycles. The number of nitrogens with one attached hydrogen (secondary N) is 2. The summed E-state index contributed by atoms with van der Waals surface area (Å²) >= 11 is 2.79. The molecule has 0 saturated carbocycles. The molecule has 2 aromatic heterocycles. The minimum atomic E-state index is -1.20. The molecular weight excluding hydrogens is 534 g/mol. The number of thiophene rings is 1. The minimum Gasteiger partial charge on any atom is -0.480 e. The maximum Gasteiger partial charge on any atom is 0.411 e. The summed E-state index contributed by atoms with van der Waals surface area (Å²) in [6.07, 6.45) is -0.637. The number of aliphatic carboxylic acids is 1. The van der Waals surface area contributed by atoms with Crippen molar-refractivity contribution in [2.75, 3.05) is 17.7 Å². The van der Waals surface area contributed by atoms with Crippen molar-refractivity contribution in [3.63, 3.8) is 0 Å². The number of carbonyl (C=O) groups is 4. The zero-order chi connectivity index (χ0) is 27.0. The third-order valence-corrected chi connectivity index (χ3v) is 8.75. The monoisotopic (exact) mass is 557 g/mol. The van der Waals surface area contributed by atoms with Gasteiger partial charge in [-0.1, -0.05) is 6.07 Å². The van der Waals surface area contributed by atoms with E-state index < -0.39 is 47.0 Å². The van der Waals surface area contributed by atoms with E-state index in [4.69, 9.17) is 9.15 Å². The number of hydrogen-bond donors (Lipinski definition) is 3. The number of amides is 3. The number of benzene rings is 1. The van der Waals surface area contributed by atoms with Crippen LogP contribution in [-0.2, 0) is 25.5 Å². The molecule has 2 fully saturated rings. The van der Waals surface area contributed by atoms with Crippen LogP contribution in [0.2, 0.25) is 0 Å². The van der Waals surface area contributed by atoms with E-state index in [2.05, 4.69) is 10.6 Å². The first-order chi connectivity index (χ1) is 18.2. The van der Waals surface area contributed by atoms with E-state index in [0.29, 0.717) is 28.0 Å². The van der Waals surface area contributed by atoms with Gasteiger partial charge in [-0.15, -0.1) is 23.1 Å². The van der Waals surface area contributed by atoms with Crippen LogP contribution in [0.1, 0.15) is 10.4 Å². The zero-order valence-electron chi connectivity index (χ0n) is 20.0. The van der Waals surface area contributed by atoms with Gasteiger partial charge < -0.3 is 24.5 Å². The van der Waals surface area contributed by atoms with Gasteiger partial charge in [0.05, 0.1) is 13.0 Å². The molecule has 0 spiro atoms.